The molecule has 1 heterocycles. The Kier molecular flexibility index (Phi) is 4.35. The monoisotopic (exact) mass is 227 g/mol. The molecule has 0 aliphatic rings. The topological polar surface area (TPSA) is 37.0 Å². The summed E-state index contributed by atoms with van der Waals surface area (Å²) >= 11 is 10.7. The minimum Gasteiger partial charge on any atom is -0.359 e. The summed E-state index contributed by atoms with van der Waals surface area (Å²) in [6.45, 7) is 4.19. The molecule has 5 heteroatoms. The highest BCUT2D eigenvalue weighted by atomic mass is 35.5. The Bertz CT molecular complexity index is 323. The van der Waals surface area contributed by atoms with E-state index in [1.165, 1.54) is 0 Å². The van der Waals surface area contributed by atoms with E-state index >= 15 is 0 Å². The molecule has 0 radical (unpaired) electrons. The summed E-state index contributed by atoms with van der Waals surface area (Å²) < 4.78 is 0. The van der Waals surface area contributed by atoms with Crippen LogP contribution in [0.2, 0.25) is 5.02 Å². The summed E-state index contributed by atoms with van der Waals surface area (Å²) in [6.07, 6.45) is 3.28. The van der Waals surface area contributed by atoms with Gasteiger partial charge in [-0.25, -0.2) is 4.98 Å². The summed E-state index contributed by atoms with van der Waals surface area (Å²) in [5.74, 6) is 0.663. The summed E-state index contributed by atoms with van der Waals surface area (Å²) in [6, 6.07) is 3.50. The van der Waals surface area contributed by atoms with Gasteiger partial charge in [0.1, 0.15) is 5.82 Å². The highest BCUT2D eigenvalue weighted by molar-refractivity contribution is 7.80. The van der Waals surface area contributed by atoms with Crippen LogP contribution in [-0.4, -0.2) is 16.6 Å². The first kappa shape index (κ1) is 10.9. The van der Waals surface area contributed by atoms with Gasteiger partial charge in [-0.15, -0.1) is 6.58 Å². The molecular weight excluding hydrogens is 218 g/mol. The van der Waals surface area contributed by atoms with Crippen LogP contribution in [0.4, 0.5) is 5.82 Å². The van der Waals surface area contributed by atoms with E-state index in [0.29, 0.717) is 22.5 Å². The number of nitrogens with one attached hydrogen (secondary N) is 2. The Labute approximate surface area is 93.2 Å². The third kappa shape index (κ3) is 3.72. The van der Waals surface area contributed by atoms with Gasteiger partial charge in [-0.2, -0.15) is 0 Å². The zero-order valence-corrected chi connectivity index (χ0v) is 9.03. The molecule has 0 aromatic carbocycles. The molecule has 0 fully saturated rings. The number of anilines is 1. The van der Waals surface area contributed by atoms with E-state index in [0.717, 1.165) is 0 Å². The Morgan fingerprint density at radius 3 is 3.00 bits per heavy atom. The van der Waals surface area contributed by atoms with Crippen LogP contribution in [-0.2, 0) is 0 Å². The van der Waals surface area contributed by atoms with Crippen LogP contribution in [0, 0.1) is 0 Å². The average molecular weight is 228 g/mol. The second kappa shape index (κ2) is 5.57. The predicted octanol–water partition coefficient (Wildman–Crippen LogP) is 2.21. The molecular formula is C9H10ClN3S. The number of nitrogens with zero attached hydrogens (tertiary/aromatic N) is 1. The molecule has 0 amide bonds. The average Bonchev–Trinajstić information content (AvgIpc) is 2.18. The molecule has 0 saturated heterocycles. The third-order valence-corrected chi connectivity index (χ3v) is 1.85. The fraction of sp³-hybridized carbons (Fsp3) is 0.111. The first-order chi connectivity index (χ1) is 6.72. The van der Waals surface area contributed by atoms with Crippen LogP contribution < -0.4 is 10.6 Å². The van der Waals surface area contributed by atoms with E-state index in [4.69, 9.17) is 23.8 Å². The van der Waals surface area contributed by atoms with Crippen LogP contribution in [0.5, 0.6) is 0 Å². The van der Waals surface area contributed by atoms with E-state index in [-0.39, 0.29) is 0 Å². The number of halogens is 1. The second-order valence-electron chi connectivity index (χ2n) is 2.49. The highest BCUT2D eigenvalue weighted by Gasteiger charge is 1.96. The van der Waals surface area contributed by atoms with Gasteiger partial charge < -0.3 is 10.6 Å². The van der Waals surface area contributed by atoms with Crippen LogP contribution in [0.3, 0.4) is 0 Å². The van der Waals surface area contributed by atoms with Crippen molar-refractivity contribution in [3.63, 3.8) is 0 Å². The normalized spacial score (nSPS) is 9.21. The summed E-state index contributed by atoms with van der Waals surface area (Å²) in [7, 11) is 0. The molecule has 74 valence electrons. The van der Waals surface area contributed by atoms with E-state index in [1.54, 1.807) is 24.4 Å². The quantitative estimate of drug-likeness (QED) is 0.613. The predicted molar refractivity (Wildman–Crippen MR) is 63.7 cm³/mol. The van der Waals surface area contributed by atoms with Gasteiger partial charge in [-0.05, 0) is 24.4 Å². The highest BCUT2D eigenvalue weighted by Crippen LogP contribution is 2.08. The number of thiocarbonyl (C=S) groups is 1. The van der Waals surface area contributed by atoms with Gasteiger partial charge in [0, 0.05) is 12.7 Å². The Morgan fingerprint density at radius 2 is 2.43 bits per heavy atom. The zero-order chi connectivity index (χ0) is 10.4. The largest absolute Gasteiger partial charge is 0.359 e. The number of rotatable bonds is 3. The van der Waals surface area contributed by atoms with Gasteiger partial charge in [0.25, 0.3) is 0 Å². The van der Waals surface area contributed by atoms with Crippen molar-refractivity contribution in [1.82, 2.24) is 10.3 Å². The molecule has 0 aliphatic carbocycles. The van der Waals surface area contributed by atoms with E-state index < -0.39 is 0 Å². The molecule has 0 atom stereocenters. The van der Waals surface area contributed by atoms with Gasteiger partial charge in [-0.3, -0.25) is 0 Å². The van der Waals surface area contributed by atoms with Gasteiger partial charge >= 0.3 is 0 Å². The molecule has 0 spiro atoms. The van der Waals surface area contributed by atoms with Crippen molar-refractivity contribution in [3.05, 3.63) is 36.0 Å². The Morgan fingerprint density at radius 1 is 1.64 bits per heavy atom. The molecule has 14 heavy (non-hydrogen) atoms. The Balaban J connectivity index is 2.47. The number of pyridine rings is 1. The summed E-state index contributed by atoms with van der Waals surface area (Å²) in [5, 5.41) is 6.94. The van der Waals surface area contributed by atoms with E-state index in [9.17, 15) is 0 Å². The number of hydrogen-bond acceptors (Lipinski definition) is 2. The molecule has 1 rings (SSSR count). The van der Waals surface area contributed by atoms with E-state index in [2.05, 4.69) is 22.2 Å². The summed E-state index contributed by atoms with van der Waals surface area (Å²) in [5.41, 5.74) is 0. The first-order valence-corrected chi connectivity index (χ1v) is 4.78. The van der Waals surface area contributed by atoms with Crippen LogP contribution in [0.15, 0.2) is 31.0 Å². The van der Waals surface area contributed by atoms with Gasteiger partial charge in [0.2, 0.25) is 0 Å². The minimum absolute atomic E-state index is 0.514. The molecule has 0 aliphatic heterocycles. The molecule has 0 saturated carbocycles. The number of aromatic nitrogens is 1. The molecule has 1 aromatic rings. The maximum Gasteiger partial charge on any atom is 0.172 e. The third-order valence-electron chi connectivity index (χ3n) is 1.38. The van der Waals surface area contributed by atoms with Crippen molar-refractivity contribution in [3.8, 4) is 0 Å². The minimum atomic E-state index is 0.514. The van der Waals surface area contributed by atoms with E-state index in [1.807, 2.05) is 0 Å². The molecule has 2 N–H and O–H groups in total. The van der Waals surface area contributed by atoms with Crippen molar-refractivity contribution in [2.45, 2.75) is 0 Å². The summed E-state index contributed by atoms with van der Waals surface area (Å²) in [4.78, 5) is 4.03. The lowest BCUT2D eigenvalue weighted by atomic mass is 10.4. The maximum absolute atomic E-state index is 5.68. The second-order valence-corrected chi connectivity index (χ2v) is 3.33. The zero-order valence-electron chi connectivity index (χ0n) is 7.46. The van der Waals surface area contributed by atoms with Gasteiger partial charge in [0.15, 0.2) is 5.11 Å². The van der Waals surface area contributed by atoms with Crippen molar-refractivity contribution in [1.29, 1.82) is 0 Å². The lowest BCUT2D eigenvalue weighted by Crippen LogP contribution is -2.28. The molecule has 1 aromatic heterocycles. The SMILES string of the molecule is C=CCNC(=S)Nc1ccc(Cl)cn1. The lowest BCUT2D eigenvalue weighted by molar-refractivity contribution is 1.06. The lowest BCUT2D eigenvalue weighted by Gasteiger charge is -2.07. The maximum atomic E-state index is 5.68. The first-order valence-electron chi connectivity index (χ1n) is 3.99. The van der Waals surface area contributed by atoms with Crippen molar-refractivity contribution < 1.29 is 0 Å². The number of hydrogen-bond donors (Lipinski definition) is 2. The van der Waals surface area contributed by atoms with Gasteiger partial charge in [0.05, 0.1) is 5.02 Å². The Hall–Kier alpha value is -1.13. The fourth-order valence-electron chi connectivity index (χ4n) is 0.775. The van der Waals surface area contributed by atoms with Gasteiger partial charge in [-0.1, -0.05) is 17.7 Å². The van der Waals surface area contributed by atoms with Crippen LogP contribution in [0.25, 0.3) is 0 Å². The fourth-order valence-corrected chi connectivity index (χ4v) is 1.07. The molecule has 0 unspecified atom stereocenters. The molecule has 0 bridgehead atoms. The standard InChI is InChI=1S/C9H10ClN3S/c1-2-5-11-9(14)13-8-4-3-7(10)6-12-8/h2-4,6H,1,5H2,(H2,11,12,13,14). The van der Waals surface area contributed by atoms with Crippen LogP contribution in [0.1, 0.15) is 0 Å². The van der Waals surface area contributed by atoms with Crippen molar-refractivity contribution in [2.75, 3.05) is 11.9 Å². The van der Waals surface area contributed by atoms with Crippen LogP contribution >= 0.6 is 23.8 Å². The smallest absolute Gasteiger partial charge is 0.172 e. The van der Waals surface area contributed by atoms with Crippen molar-refractivity contribution >= 4 is 34.7 Å². The molecule has 3 nitrogen and oxygen atoms in total. The van der Waals surface area contributed by atoms with Crippen molar-refractivity contribution in [2.24, 2.45) is 0 Å².